The number of rotatable bonds is 14. The maximum atomic E-state index is 10.2. The normalized spacial score (nSPS) is 18.4. The highest BCUT2D eigenvalue weighted by atomic mass is 16.3. The lowest BCUT2D eigenvalue weighted by Gasteiger charge is -2.32. The van der Waals surface area contributed by atoms with Crippen molar-refractivity contribution in [3.8, 4) is 0 Å². The molecule has 23 heavy (non-hydrogen) atoms. The summed E-state index contributed by atoms with van der Waals surface area (Å²) in [6, 6.07) is 0. The fraction of sp³-hybridized carbons (Fsp3) is 1.00. The summed E-state index contributed by atoms with van der Waals surface area (Å²) in [6.07, 6.45) is 16.9. The number of nitrogens with two attached hydrogens (primary N) is 1. The van der Waals surface area contributed by atoms with Crippen molar-refractivity contribution < 1.29 is 5.11 Å². The minimum atomic E-state index is -0.126. The largest absolute Gasteiger partial charge is 0.392 e. The molecular formula is C20H42N2O. The van der Waals surface area contributed by atoms with E-state index in [4.69, 9.17) is 5.73 Å². The molecule has 0 spiro atoms. The van der Waals surface area contributed by atoms with Crippen molar-refractivity contribution in [3.05, 3.63) is 0 Å². The minimum absolute atomic E-state index is 0.126. The predicted octanol–water partition coefficient (Wildman–Crippen LogP) is 4.33. The molecule has 3 nitrogen and oxygen atoms in total. The van der Waals surface area contributed by atoms with Crippen LogP contribution in [0, 0.1) is 5.92 Å². The average molecular weight is 327 g/mol. The maximum absolute atomic E-state index is 10.2. The van der Waals surface area contributed by atoms with Crippen molar-refractivity contribution in [2.75, 3.05) is 26.2 Å². The SMILES string of the molecule is CCCCCCCCCCCCC(O)CN1CCC(CN)CC1. The Morgan fingerprint density at radius 2 is 1.43 bits per heavy atom. The number of hydrogen-bond donors (Lipinski definition) is 2. The van der Waals surface area contributed by atoms with Crippen molar-refractivity contribution >= 4 is 0 Å². The molecule has 3 N–H and O–H groups in total. The Morgan fingerprint density at radius 3 is 1.96 bits per heavy atom. The average Bonchev–Trinajstić information content (AvgIpc) is 2.57. The molecule has 0 saturated carbocycles. The third-order valence-corrected chi connectivity index (χ3v) is 5.40. The highest BCUT2D eigenvalue weighted by molar-refractivity contribution is 4.74. The lowest BCUT2D eigenvalue weighted by atomic mass is 9.96. The van der Waals surface area contributed by atoms with Gasteiger partial charge in [-0.2, -0.15) is 0 Å². The Morgan fingerprint density at radius 1 is 0.913 bits per heavy atom. The quantitative estimate of drug-likeness (QED) is 0.467. The monoisotopic (exact) mass is 326 g/mol. The summed E-state index contributed by atoms with van der Waals surface area (Å²) in [5.41, 5.74) is 5.73. The number of hydrogen-bond acceptors (Lipinski definition) is 3. The number of β-amino-alcohol motifs (C(OH)–C–C–N with tert-alkyl or cyclic N) is 1. The first kappa shape index (κ1) is 20.9. The van der Waals surface area contributed by atoms with E-state index in [1.54, 1.807) is 0 Å². The van der Waals surface area contributed by atoms with E-state index in [1.165, 1.54) is 77.0 Å². The molecule has 0 aromatic heterocycles. The van der Waals surface area contributed by atoms with Crippen molar-refractivity contribution in [1.82, 2.24) is 4.90 Å². The van der Waals surface area contributed by atoms with E-state index in [-0.39, 0.29) is 6.10 Å². The van der Waals surface area contributed by atoms with Crippen molar-refractivity contribution in [1.29, 1.82) is 0 Å². The molecule has 3 heteroatoms. The lowest BCUT2D eigenvalue weighted by Crippen LogP contribution is -2.40. The molecule has 0 bridgehead atoms. The summed E-state index contributed by atoms with van der Waals surface area (Å²) >= 11 is 0. The standard InChI is InChI=1S/C20H42N2O/c1-2-3-4-5-6-7-8-9-10-11-12-20(23)18-22-15-13-19(17-21)14-16-22/h19-20,23H,2-18,21H2,1H3. The smallest absolute Gasteiger partial charge is 0.0667 e. The summed E-state index contributed by atoms with van der Waals surface area (Å²) in [4.78, 5) is 2.42. The van der Waals surface area contributed by atoms with Gasteiger partial charge in [0.1, 0.15) is 0 Å². The zero-order chi connectivity index (χ0) is 16.8. The predicted molar refractivity (Wildman–Crippen MR) is 101 cm³/mol. The summed E-state index contributed by atoms with van der Waals surface area (Å²) in [5, 5.41) is 10.2. The van der Waals surface area contributed by atoms with E-state index >= 15 is 0 Å². The topological polar surface area (TPSA) is 49.5 Å². The fourth-order valence-corrected chi connectivity index (χ4v) is 3.66. The Hall–Kier alpha value is -0.120. The molecule has 1 atom stereocenters. The second kappa shape index (κ2) is 14.2. The van der Waals surface area contributed by atoms with Crippen molar-refractivity contribution in [2.24, 2.45) is 11.7 Å². The second-order valence-corrected chi connectivity index (χ2v) is 7.60. The lowest BCUT2D eigenvalue weighted by molar-refractivity contribution is 0.0830. The van der Waals surface area contributed by atoms with E-state index in [0.717, 1.165) is 32.6 Å². The molecule has 0 radical (unpaired) electrons. The molecule has 1 saturated heterocycles. The fourth-order valence-electron chi connectivity index (χ4n) is 3.66. The van der Waals surface area contributed by atoms with Crippen LogP contribution in [0.25, 0.3) is 0 Å². The van der Waals surface area contributed by atoms with Gasteiger partial charge < -0.3 is 15.7 Å². The number of aliphatic hydroxyl groups is 1. The van der Waals surface area contributed by atoms with Crippen molar-refractivity contribution in [2.45, 2.75) is 96.5 Å². The van der Waals surface area contributed by atoms with Gasteiger partial charge in [-0.05, 0) is 44.8 Å². The number of nitrogens with zero attached hydrogens (tertiary/aromatic N) is 1. The van der Waals surface area contributed by atoms with Gasteiger partial charge in [0, 0.05) is 6.54 Å². The Labute approximate surface area is 145 Å². The zero-order valence-electron chi connectivity index (χ0n) is 15.6. The molecule has 1 aliphatic heterocycles. The van der Waals surface area contributed by atoms with Gasteiger partial charge in [-0.3, -0.25) is 0 Å². The molecule has 1 aliphatic rings. The molecule has 138 valence electrons. The third kappa shape index (κ3) is 11.1. The van der Waals surface area contributed by atoms with E-state index < -0.39 is 0 Å². The maximum Gasteiger partial charge on any atom is 0.0667 e. The van der Waals surface area contributed by atoms with Gasteiger partial charge in [-0.1, -0.05) is 71.1 Å². The summed E-state index contributed by atoms with van der Waals surface area (Å²) in [7, 11) is 0. The molecule has 1 fully saturated rings. The van der Waals surface area contributed by atoms with E-state index in [0.29, 0.717) is 5.92 Å². The molecule has 1 unspecified atom stereocenters. The van der Waals surface area contributed by atoms with Gasteiger partial charge in [0.05, 0.1) is 6.10 Å². The molecule has 0 aromatic carbocycles. The summed E-state index contributed by atoms with van der Waals surface area (Å²) in [6.45, 7) is 6.22. The van der Waals surface area contributed by atoms with Gasteiger partial charge in [0.25, 0.3) is 0 Å². The molecule has 0 aliphatic carbocycles. The summed E-state index contributed by atoms with van der Waals surface area (Å²) in [5.74, 6) is 0.713. The van der Waals surface area contributed by atoms with Crippen LogP contribution in [-0.2, 0) is 0 Å². The minimum Gasteiger partial charge on any atom is -0.392 e. The number of piperidine rings is 1. The highest BCUT2D eigenvalue weighted by Gasteiger charge is 2.19. The highest BCUT2D eigenvalue weighted by Crippen LogP contribution is 2.17. The third-order valence-electron chi connectivity index (χ3n) is 5.40. The van der Waals surface area contributed by atoms with Gasteiger partial charge in [-0.15, -0.1) is 0 Å². The van der Waals surface area contributed by atoms with E-state index in [9.17, 15) is 5.11 Å². The van der Waals surface area contributed by atoms with Gasteiger partial charge in [-0.25, -0.2) is 0 Å². The van der Waals surface area contributed by atoms with Crippen LogP contribution in [0.1, 0.15) is 90.4 Å². The Bertz CT molecular complexity index is 252. The first-order chi connectivity index (χ1) is 11.3. The van der Waals surface area contributed by atoms with E-state index in [2.05, 4.69) is 11.8 Å². The number of likely N-dealkylation sites (tertiary alicyclic amines) is 1. The molecule has 1 heterocycles. The number of aliphatic hydroxyl groups excluding tert-OH is 1. The van der Waals surface area contributed by atoms with Crippen LogP contribution >= 0.6 is 0 Å². The van der Waals surface area contributed by atoms with Crippen LogP contribution in [-0.4, -0.2) is 42.3 Å². The van der Waals surface area contributed by atoms with E-state index in [1.807, 2.05) is 0 Å². The molecule has 1 rings (SSSR count). The van der Waals surface area contributed by atoms with Crippen molar-refractivity contribution in [3.63, 3.8) is 0 Å². The Kier molecular flexibility index (Phi) is 13.0. The van der Waals surface area contributed by atoms with Crippen LogP contribution in [0.2, 0.25) is 0 Å². The van der Waals surface area contributed by atoms with Crippen LogP contribution in [0.15, 0.2) is 0 Å². The van der Waals surface area contributed by atoms with Gasteiger partial charge in [0.2, 0.25) is 0 Å². The first-order valence-electron chi connectivity index (χ1n) is 10.4. The van der Waals surface area contributed by atoms with Crippen LogP contribution < -0.4 is 5.73 Å². The number of unbranched alkanes of at least 4 members (excludes halogenated alkanes) is 9. The van der Waals surface area contributed by atoms with Crippen LogP contribution in [0.5, 0.6) is 0 Å². The van der Waals surface area contributed by atoms with Crippen LogP contribution in [0.3, 0.4) is 0 Å². The molecule has 0 amide bonds. The Balaban J connectivity index is 1.86. The first-order valence-corrected chi connectivity index (χ1v) is 10.4. The molecular weight excluding hydrogens is 284 g/mol. The van der Waals surface area contributed by atoms with Crippen LogP contribution in [0.4, 0.5) is 0 Å². The molecule has 0 aromatic rings. The van der Waals surface area contributed by atoms with Gasteiger partial charge >= 0.3 is 0 Å². The van der Waals surface area contributed by atoms with Gasteiger partial charge in [0.15, 0.2) is 0 Å². The zero-order valence-corrected chi connectivity index (χ0v) is 15.6. The summed E-state index contributed by atoms with van der Waals surface area (Å²) < 4.78 is 0. The second-order valence-electron chi connectivity index (χ2n) is 7.60.